The van der Waals surface area contributed by atoms with Crippen LogP contribution in [0.15, 0.2) is 47.3 Å². The van der Waals surface area contributed by atoms with Gasteiger partial charge in [-0.05, 0) is 42.5 Å². The van der Waals surface area contributed by atoms with Crippen molar-refractivity contribution in [2.75, 3.05) is 32.8 Å². The van der Waals surface area contributed by atoms with E-state index in [1.807, 2.05) is 29.3 Å². The number of hydrogen-bond acceptors (Lipinski definition) is 5. The molecule has 4 heterocycles. The molecule has 1 amide bonds. The molecule has 2 atom stereocenters. The second-order valence-electron chi connectivity index (χ2n) is 8.02. The molecule has 0 aromatic carbocycles. The summed E-state index contributed by atoms with van der Waals surface area (Å²) in [7, 11) is 0. The Bertz CT molecular complexity index is 790. The highest BCUT2D eigenvalue weighted by Gasteiger charge is 2.57. The minimum Gasteiger partial charge on any atom is -0.468 e. The molecule has 27 heavy (non-hydrogen) atoms. The Morgan fingerprint density at radius 2 is 2.19 bits per heavy atom. The lowest BCUT2D eigenvalue weighted by Gasteiger charge is -2.42. The summed E-state index contributed by atoms with van der Waals surface area (Å²) in [4.78, 5) is 22.2. The Labute approximate surface area is 159 Å². The maximum Gasteiger partial charge on any atom is 0.256 e. The molecule has 0 unspecified atom stereocenters. The highest BCUT2D eigenvalue weighted by Crippen LogP contribution is 2.43. The highest BCUT2D eigenvalue weighted by atomic mass is 16.5. The van der Waals surface area contributed by atoms with Crippen molar-refractivity contribution in [2.24, 2.45) is 5.92 Å². The lowest BCUT2D eigenvalue weighted by Crippen LogP contribution is -2.60. The second-order valence-corrected chi connectivity index (χ2v) is 8.02. The summed E-state index contributed by atoms with van der Waals surface area (Å²) in [6.45, 7) is 4.22. The number of nitrogens with zero attached hydrogens (tertiary/aromatic N) is 3. The first kappa shape index (κ1) is 17.0. The van der Waals surface area contributed by atoms with E-state index in [1.165, 1.54) is 12.8 Å². The Balaban J connectivity index is 1.45. The van der Waals surface area contributed by atoms with E-state index in [2.05, 4.69) is 16.0 Å². The van der Waals surface area contributed by atoms with Gasteiger partial charge in [0.15, 0.2) is 5.60 Å². The quantitative estimate of drug-likeness (QED) is 0.811. The third kappa shape index (κ3) is 3.17. The zero-order chi connectivity index (χ0) is 18.3. The first-order chi connectivity index (χ1) is 13.2. The van der Waals surface area contributed by atoms with Crippen molar-refractivity contribution in [2.45, 2.75) is 30.9 Å². The van der Waals surface area contributed by atoms with Crippen LogP contribution in [0.5, 0.6) is 0 Å². The first-order valence-electron chi connectivity index (χ1n) is 9.82. The standard InChI is InChI=1S/C21H25N3O3/c25-20-21(27-10-8-24(20)12-16-5-6-16)15-23(13-18-4-2-9-26-18)14-19(21)17-3-1-7-22-11-17/h1-4,7,9,11,16,19H,5-6,8,10,12-15H2/t19-,21+/m1/s1. The smallest absolute Gasteiger partial charge is 0.256 e. The minimum atomic E-state index is -0.817. The van der Waals surface area contributed by atoms with E-state index in [1.54, 1.807) is 12.5 Å². The molecular weight excluding hydrogens is 342 g/mol. The van der Waals surface area contributed by atoms with E-state index in [4.69, 9.17) is 9.15 Å². The van der Waals surface area contributed by atoms with Crippen molar-refractivity contribution < 1.29 is 13.9 Å². The molecule has 2 saturated heterocycles. The van der Waals surface area contributed by atoms with Crippen LogP contribution in [0.2, 0.25) is 0 Å². The number of pyridine rings is 1. The number of likely N-dealkylation sites (tertiary alicyclic amines) is 1. The zero-order valence-corrected chi connectivity index (χ0v) is 15.4. The molecule has 0 N–H and O–H groups in total. The lowest BCUT2D eigenvalue weighted by atomic mass is 9.83. The molecule has 5 rings (SSSR count). The van der Waals surface area contributed by atoms with Gasteiger partial charge in [0.1, 0.15) is 5.76 Å². The van der Waals surface area contributed by atoms with Gasteiger partial charge in [0.05, 0.1) is 19.4 Å². The molecule has 0 bridgehead atoms. The van der Waals surface area contributed by atoms with Gasteiger partial charge in [-0.2, -0.15) is 0 Å². The normalized spacial score (nSPS) is 29.0. The van der Waals surface area contributed by atoms with Gasteiger partial charge in [-0.15, -0.1) is 0 Å². The SMILES string of the molecule is O=C1N(CC2CC2)CCO[C@]12CN(Cc1ccco1)C[C@@H]2c1cccnc1. The number of rotatable bonds is 5. The summed E-state index contributed by atoms with van der Waals surface area (Å²) >= 11 is 0. The summed E-state index contributed by atoms with van der Waals surface area (Å²) in [5, 5.41) is 0. The van der Waals surface area contributed by atoms with Gasteiger partial charge in [0.25, 0.3) is 5.91 Å². The second kappa shape index (κ2) is 6.77. The molecule has 3 aliphatic rings. The van der Waals surface area contributed by atoms with E-state index in [0.717, 1.165) is 24.4 Å². The largest absolute Gasteiger partial charge is 0.468 e. The van der Waals surface area contributed by atoms with Crippen LogP contribution in [-0.4, -0.2) is 59.1 Å². The molecular formula is C21H25N3O3. The van der Waals surface area contributed by atoms with Crippen LogP contribution in [-0.2, 0) is 16.1 Å². The molecule has 2 aromatic rings. The summed E-state index contributed by atoms with van der Waals surface area (Å²) in [5.41, 5.74) is 0.254. The van der Waals surface area contributed by atoms with Crippen molar-refractivity contribution >= 4 is 5.91 Å². The van der Waals surface area contributed by atoms with Gasteiger partial charge in [-0.3, -0.25) is 14.7 Å². The van der Waals surface area contributed by atoms with Gasteiger partial charge >= 0.3 is 0 Å². The van der Waals surface area contributed by atoms with Crippen LogP contribution in [0.3, 0.4) is 0 Å². The maximum atomic E-state index is 13.6. The highest BCUT2D eigenvalue weighted by molar-refractivity contribution is 5.88. The van der Waals surface area contributed by atoms with Crippen molar-refractivity contribution in [3.8, 4) is 0 Å². The van der Waals surface area contributed by atoms with E-state index < -0.39 is 5.60 Å². The topological polar surface area (TPSA) is 58.8 Å². The minimum absolute atomic E-state index is 0.0179. The molecule has 2 aliphatic heterocycles. The Hall–Kier alpha value is -2.18. The number of amides is 1. The fourth-order valence-electron chi connectivity index (χ4n) is 4.53. The molecule has 6 nitrogen and oxygen atoms in total. The van der Waals surface area contributed by atoms with Gasteiger partial charge in [-0.25, -0.2) is 0 Å². The van der Waals surface area contributed by atoms with Gasteiger partial charge < -0.3 is 14.1 Å². The zero-order valence-electron chi connectivity index (χ0n) is 15.4. The molecule has 1 saturated carbocycles. The summed E-state index contributed by atoms with van der Waals surface area (Å²) < 4.78 is 11.8. The van der Waals surface area contributed by atoms with Crippen molar-refractivity contribution in [1.82, 2.24) is 14.8 Å². The number of morpholine rings is 1. The van der Waals surface area contributed by atoms with Crippen LogP contribution in [0, 0.1) is 5.92 Å². The van der Waals surface area contributed by atoms with Crippen LogP contribution < -0.4 is 0 Å². The van der Waals surface area contributed by atoms with Crippen molar-refractivity contribution in [1.29, 1.82) is 0 Å². The number of carbonyl (C=O) groups excluding carboxylic acids is 1. The molecule has 2 aromatic heterocycles. The van der Waals surface area contributed by atoms with Gasteiger partial charge in [-0.1, -0.05) is 6.07 Å². The third-order valence-corrected chi connectivity index (χ3v) is 6.05. The summed E-state index contributed by atoms with van der Waals surface area (Å²) in [6, 6.07) is 7.88. The number of hydrogen-bond donors (Lipinski definition) is 0. The predicted octanol–water partition coefficient (Wildman–Crippen LogP) is 2.28. The number of aromatic nitrogens is 1. The molecule has 1 aliphatic carbocycles. The van der Waals surface area contributed by atoms with Crippen molar-refractivity contribution in [3.05, 3.63) is 54.2 Å². The fourth-order valence-corrected chi connectivity index (χ4v) is 4.53. The predicted molar refractivity (Wildman–Crippen MR) is 99.0 cm³/mol. The third-order valence-electron chi connectivity index (χ3n) is 6.05. The summed E-state index contributed by atoms with van der Waals surface area (Å²) in [6.07, 6.45) is 7.83. The number of furan rings is 1. The molecule has 142 valence electrons. The van der Waals surface area contributed by atoms with Crippen LogP contribution in [0.4, 0.5) is 0 Å². The molecule has 3 fully saturated rings. The lowest BCUT2D eigenvalue weighted by molar-refractivity contribution is -0.172. The van der Waals surface area contributed by atoms with Crippen LogP contribution in [0.25, 0.3) is 0 Å². The van der Waals surface area contributed by atoms with Gasteiger partial charge in [0, 0.05) is 44.5 Å². The monoisotopic (exact) mass is 367 g/mol. The first-order valence-corrected chi connectivity index (χ1v) is 9.82. The average molecular weight is 367 g/mol. The Kier molecular flexibility index (Phi) is 4.25. The molecule has 6 heteroatoms. The van der Waals surface area contributed by atoms with E-state index >= 15 is 0 Å². The van der Waals surface area contributed by atoms with Crippen LogP contribution in [0.1, 0.15) is 30.1 Å². The van der Waals surface area contributed by atoms with E-state index in [0.29, 0.717) is 32.2 Å². The van der Waals surface area contributed by atoms with Crippen LogP contribution >= 0.6 is 0 Å². The van der Waals surface area contributed by atoms with Crippen molar-refractivity contribution in [3.63, 3.8) is 0 Å². The van der Waals surface area contributed by atoms with E-state index in [-0.39, 0.29) is 11.8 Å². The molecule has 1 spiro atoms. The Morgan fingerprint density at radius 3 is 2.93 bits per heavy atom. The fraction of sp³-hybridized carbons (Fsp3) is 0.524. The number of ether oxygens (including phenoxy) is 1. The number of carbonyl (C=O) groups is 1. The Morgan fingerprint density at radius 1 is 1.26 bits per heavy atom. The summed E-state index contributed by atoms with van der Waals surface area (Å²) in [5.74, 6) is 1.73. The maximum absolute atomic E-state index is 13.6. The average Bonchev–Trinajstić information content (AvgIpc) is 3.22. The molecule has 0 radical (unpaired) electrons. The van der Waals surface area contributed by atoms with Gasteiger partial charge in [0.2, 0.25) is 0 Å². The van der Waals surface area contributed by atoms with E-state index in [9.17, 15) is 4.79 Å².